The van der Waals surface area contributed by atoms with Gasteiger partial charge in [-0.05, 0) is 25.8 Å². The van der Waals surface area contributed by atoms with Crippen LogP contribution in [-0.4, -0.2) is 57.7 Å². The predicted molar refractivity (Wildman–Crippen MR) is 112 cm³/mol. The zero-order chi connectivity index (χ0) is 22.1. The Morgan fingerprint density at radius 3 is 2.53 bits per heavy atom. The lowest BCUT2D eigenvalue weighted by molar-refractivity contribution is -0.138. The molecule has 168 valence electrons. The SMILES string of the molecule is CCOc1cccc(CNC(=NC)NCC2(C(=O)N(C)C)CCCC2)c1OC(F)F. The topological polar surface area (TPSA) is 75.2 Å². The Morgan fingerprint density at radius 1 is 1.27 bits per heavy atom. The summed E-state index contributed by atoms with van der Waals surface area (Å²) in [6.07, 6.45) is 3.70. The first-order valence-electron chi connectivity index (χ1n) is 10.2. The smallest absolute Gasteiger partial charge is 0.387 e. The maximum atomic E-state index is 12.9. The molecule has 0 aliphatic heterocycles. The molecule has 0 aromatic heterocycles. The van der Waals surface area contributed by atoms with Gasteiger partial charge >= 0.3 is 6.61 Å². The van der Waals surface area contributed by atoms with Crippen LogP contribution in [0, 0.1) is 5.41 Å². The Labute approximate surface area is 176 Å². The largest absolute Gasteiger partial charge is 0.490 e. The second-order valence-corrected chi connectivity index (χ2v) is 7.52. The Bertz CT molecular complexity index is 735. The average Bonchev–Trinajstić information content (AvgIpc) is 3.19. The van der Waals surface area contributed by atoms with Crippen molar-refractivity contribution < 1.29 is 23.0 Å². The molecule has 1 aliphatic rings. The van der Waals surface area contributed by atoms with Crippen molar-refractivity contribution in [3.63, 3.8) is 0 Å². The predicted octanol–water partition coefficient (Wildman–Crippen LogP) is 3.00. The van der Waals surface area contributed by atoms with Crippen LogP contribution in [0.4, 0.5) is 8.78 Å². The third kappa shape index (κ3) is 5.96. The molecule has 1 saturated carbocycles. The molecule has 0 bridgehead atoms. The molecular formula is C21H32F2N4O3. The number of hydrogen-bond acceptors (Lipinski definition) is 4. The molecule has 0 saturated heterocycles. The average molecular weight is 427 g/mol. The summed E-state index contributed by atoms with van der Waals surface area (Å²) in [5.74, 6) is 0.867. The number of para-hydroxylation sites is 1. The van der Waals surface area contributed by atoms with Crippen molar-refractivity contribution >= 4 is 11.9 Å². The quantitative estimate of drug-likeness (QED) is 0.469. The Kier molecular flexibility index (Phi) is 8.68. The van der Waals surface area contributed by atoms with Crippen molar-refractivity contribution in [2.24, 2.45) is 10.4 Å². The number of nitrogens with zero attached hydrogens (tertiary/aromatic N) is 2. The molecule has 0 atom stereocenters. The van der Waals surface area contributed by atoms with Gasteiger partial charge in [-0.15, -0.1) is 0 Å². The molecule has 1 amide bonds. The fourth-order valence-electron chi connectivity index (χ4n) is 3.84. The van der Waals surface area contributed by atoms with Gasteiger partial charge in [0.2, 0.25) is 5.91 Å². The van der Waals surface area contributed by atoms with E-state index in [1.807, 2.05) is 0 Å². The van der Waals surface area contributed by atoms with Gasteiger partial charge in [0.15, 0.2) is 17.5 Å². The molecule has 1 aromatic carbocycles. The molecule has 0 heterocycles. The lowest BCUT2D eigenvalue weighted by atomic mass is 9.84. The van der Waals surface area contributed by atoms with Crippen LogP contribution in [0.2, 0.25) is 0 Å². The first kappa shape index (κ1) is 23.7. The van der Waals surface area contributed by atoms with Crippen LogP contribution in [0.25, 0.3) is 0 Å². The standard InChI is InChI=1S/C21H32F2N4O3/c1-5-29-16-10-8-9-15(17(16)30-19(22)23)13-25-20(24-2)26-14-21(11-6-7-12-21)18(28)27(3)4/h8-10,19H,5-7,11-14H2,1-4H3,(H2,24,25,26). The molecule has 0 spiro atoms. The van der Waals surface area contributed by atoms with Gasteiger partial charge in [0.1, 0.15) is 0 Å². The minimum atomic E-state index is -2.96. The minimum Gasteiger partial charge on any atom is -0.490 e. The fraction of sp³-hybridized carbons (Fsp3) is 0.619. The minimum absolute atomic E-state index is 0.00681. The molecule has 2 N–H and O–H groups in total. The zero-order valence-corrected chi connectivity index (χ0v) is 18.1. The van der Waals surface area contributed by atoms with E-state index in [2.05, 4.69) is 15.6 Å². The van der Waals surface area contributed by atoms with Crippen LogP contribution in [0.1, 0.15) is 38.2 Å². The van der Waals surface area contributed by atoms with Crippen molar-refractivity contribution in [1.82, 2.24) is 15.5 Å². The molecule has 7 nitrogen and oxygen atoms in total. The number of hydrogen-bond donors (Lipinski definition) is 2. The van der Waals surface area contributed by atoms with Crippen molar-refractivity contribution in [2.75, 3.05) is 34.3 Å². The molecule has 30 heavy (non-hydrogen) atoms. The van der Waals surface area contributed by atoms with E-state index < -0.39 is 12.0 Å². The Balaban J connectivity index is 2.07. The molecule has 1 aromatic rings. The molecule has 9 heteroatoms. The summed E-state index contributed by atoms with van der Waals surface area (Å²) in [5.41, 5.74) is 0.0732. The summed E-state index contributed by atoms with van der Waals surface area (Å²) >= 11 is 0. The summed E-state index contributed by atoms with van der Waals surface area (Å²) in [6.45, 7) is -0.180. The highest BCUT2D eigenvalue weighted by Crippen LogP contribution is 2.39. The second-order valence-electron chi connectivity index (χ2n) is 7.52. The van der Waals surface area contributed by atoms with Gasteiger partial charge in [-0.2, -0.15) is 8.78 Å². The normalized spacial score (nSPS) is 15.8. The number of alkyl halides is 2. The zero-order valence-electron chi connectivity index (χ0n) is 18.1. The van der Waals surface area contributed by atoms with Gasteiger partial charge in [0, 0.05) is 39.8 Å². The highest BCUT2D eigenvalue weighted by Gasteiger charge is 2.42. The molecule has 0 radical (unpaired) electrons. The van der Waals surface area contributed by atoms with Crippen molar-refractivity contribution in [1.29, 1.82) is 0 Å². The lowest BCUT2D eigenvalue weighted by Gasteiger charge is -2.31. The van der Waals surface area contributed by atoms with Gasteiger partial charge < -0.3 is 25.0 Å². The number of halogens is 2. The molecule has 2 rings (SSSR count). The number of rotatable bonds is 9. The first-order chi connectivity index (χ1) is 14.3. The summed E-state index contributed by atoms with van der Waals surface area (Å²) in [7, 11) is 5.16. The molecule has 1 fully saturated rings. The maximum absolute atomic E-state index is 12.9. The van der Waals surface area contributed by atoms with Crippen molar-refractivity contribution in [3.05, 3.63) is 23.8 Å². The van der Waals surface area contributed by atoms with Crippen LogP contribution in [0.5, 0.6) is 11.5 Å². The summed E-state index contributed by atoms with van der Waals surface area (Å²) in [6, 6.07) is 5.00. The fourth-order valence-corrected chi connectivity index (χ4v) is 3.84. The van der Waals surface area contributed by atoms with E-state index in [9.17, 15) is 13.6 Å². The van der Waals surface area contributed by atoms with Crippen LogP contribution in [0.15, 0.2) is 23.2 Å². The summed E-state index contributed by atoms with van der Waals surface area (Å²) in [4.78, 5) is 18.6. The highest BCUT2D eigenvalue weighted by atomic mass is 19.3. The van der Waals surface area contributed by atoms with Crippen LogP contribution >= 0.6 is 0 Å². The van der Waals surface area contributed by atoms with E-state index in [0.717, 1.165) is 25.7 Å². The Hall–Kier alpha value is -2.58. The summed E-state index contributed by atoms with van der Waals surface area (Å²) < 4.78 is 35.9. The number of aliphatic imine (C=N–C) groups is 1. The van der Waals surface area contributed by atoms with E-state index in [1.54, 1.807) is 51.2 Å². The van der Waals surface area contributed by atoms with Crippen LogP contribution < -0.4 is 20.1 Å². The maximum Gasteiger partial charge on any atom is 0.387 e. The highest BCUT2D eigenvalue weighted by molar-refractivity contribution is 5.85. The number of carbonyl (C=O) groups excluding carboxylic acids is 1. The monoisotopic (exact) mass is 426 g/mol. The van der Waals surface area contributed by atoms with E-state index in [0.29, 0.717) is 24.7 Å². The van der Waals surface area contributed by atoms with Crippen molar-refractivity contribution in [3.8, 4) is 11.5 Å². The molecule has 1 aliphatic carbocycles. The van der Waals surface area contributed by atoms with E-state index >= 15 is 0 Å². The molecule has 0 unspecified atom stereocenters. The van der Waals surface area contributed by atoms with Gasteiger partial charge in [0.05, 0.1) is 12.0 Å². The van der Waals surface area contributed by atoms with Crippen LogP contribution in [-0.2, 0) is 11.3 Å². The number of guanidine groups is 1. The Morgan fingerprint density at radius 2 is 1.97 bits per heavy atom. The number of carbonyl (C=O) groups is 1. The van der Waals surface area contributed by atoms with E-state index in [1.165, 1.54) is 0 Å². The van der Waals surface area contributed by atoms with Gasteiger partial charge in [0.25, 0.3) is 0 Å². The van der Waals surface area contributed by atoms with Crippen molar-refractivity contribution in [2.45, 2.75) is 45.8 Å². The third-order valence-electron chi connectivity index (χ3n) is 5.25. The lowest BCUT2D eigenvalue weighted by Crippen LogP contribution is -2.49. The number of ether oxygens (including phenoxy) is 2. The van der Waals surface area contributed by atoms with E-state index in [-0.39, 0.29) is 24.0 Å². The van der Waals surface area contributed by atoms with Gasteiger partial charge in [-0.25, -0.2) is 0 Å². The van der Waals surface area contributed by atoms with Crippen LogP contribution in [0.3, 0.4) is 0 Å². The molecular weight excluding hydrogens is 394 g/mol. The summed E-state index contributed by atoms with van der Waals surface area (Å²) in [5, 5.41) is 6.34. The number of nitrogens with one attached hydrogen (secondary N) is 2. The second kappa shape index (κ2) is 11.0. The third-order valence-corrected chi connectivity index (χ3v) is 5.25. The number of amides is 1. The first-order valence-corrected chi connectivity index (χ1v) is 10.2. The van der Waals surface area contributed by atoms with E-state index in [4.69, 9.17) is 9.47 Å². The van der Waals surface area contributed by atoms with Gasteiger partial charge in [-0.3, -0.25) is 9.79 Å². The number of benzene rings is 1. The van der Waals surface area contributed by atoms with Gasteiger partial charge in [-0.1, -0.05) is 25.0 Å².